The molecule has 7 heteroatoms. The van der Waals surface area contributed by atoms with E-state index in [0.29, 0.717) is 12.1 Å². The molecular weight excluding hydrogens is 323 g/mol. The van der Waals surface area contributed by atoms with Crippen molar-refractivity contribution in [1.82, 2.24) is 10.6 Å². The van der Waals surface area contributed by atoms with Gasteiger partial charge in [-0.1, -0.05) is 12.1 Å². The largest absolute Gasteiger partial charge is 0.466 e. The Balaban J connectivity index is 0.00000264. The zero-order valence-electron chi connectivity index (χ0n) is 13.0. The van der Waals surface area contributed by atoms with E-state index in [4.69, 9.17) is 4.74 Å². The zero-order valence-corrected chi connectivity index (χ0v) is 13.8. The number of hydrogen-bond donors (Lipinski definition) is 2. The fourth-order valence-electron chi connectivity index (χ4n) is 2.50. The van der Waals surface area contributed by atoms with Gasteiger partial charge in [-0.15, -0.1) is 12.4 Å². The molecule has 1 aliphatic rings. The van der Waals surface area contributed by atoms with Crippen molar-refractivity contribution in [3.63, 3.8) is 0 Å². The number of amides is 1. The highest BCUT2D eigenvalue weighted by atomic mass is 35.5. The molecule has 1 aliphatic heterocycles. The molecule has 1 aromatic carbocycles. The van der Waals surface area contributed by atoms with Gasteiger partial charge in [0.25, 0.3) is 0 Å². The van der Waals surface area contributed by atoms with Crippen molar-refractivity contribution < 1.29 is 18.7 Å². The summed E-state index contributed by atoms with van der Waals surface area (Å²) in [5, 5.41) is 6.01. The van der Waals surface area contributed by atoms with E-state index < -0.39 is 6.04 Å². The maximum atomic E-state index is 13.1. The standard InChI is InChI=1S/C16H21FN2O3.ClH/c1-2-22-15(20)9-14(11-3-5-13(17)6-4-11)19-16(21)12-7-8-18-10-12;/h3-6,12,14,18H,2,7-10H2,1H3,(H,19,21);1H. The Bertz CT molecular complexity index is 519. The molecule has 5 nitrogen and oxygen atoms in total. The Hall–Kier alpha value is -1.66. The number of benzene rings is 1. The van der Waals surface area contributed by atoms with Crippen molar-refractivity contribution in [2.45, 2.75) is 25.8 Å². The van der Waals surface area contributed by atoms with Gasteiger partial charge in [0.15, 0.2) is 0 Å². The summed E-state index contributed by atoms with van der Waals surface area (Å²) in [7, 11) is 0. The van der Waals surface area contributed by atoms with Crippen molar-refractivity contribution in [2.24, 2.45) is 5.92 Å². The second kappa shape index (κ2) is 9.47. The fourth-order valence-corrected chi connectivity index (χ4v) is 2.50. The van der Waals surface area contributed by atoms with E-state index in [1.165, 1.54) is 12.1 Å². The molecule has 2 rings (SSSR count). The Morgan fingerprint density at radius 2 is 2.09 bits per heavy atom. The van der Waals surface area contributed by atoms with Gasteiger partial charge >= 0.3 is 5.97 Å². The summed E-state index contributed by atoms with van der Waals surface area (Å²) in [6.45, 7) is 3.47. The van der Waals surface area contributed by atoms with Crippen LogP contribution in [0.4, 0.5) is 4.39 Å². The molecule has 1 fully saturated rings. The summed E-state index contributed by atoms with van der Waals surface area (Å²) in [4.78, 5) is 24.0. The molecule has 1 amide bonds. The first-order valence-corrected chi connectivity index (χ1v) is 7.52. The van der Waals surface area contributed by atoms with Crippen LogP contribution in [0.3, 0.4) is 0 Å². The van der Waals surface area contributed by atoms with Crippen molar-refractivity contribution in [3.05, 3.63) is 35.6 Å². The second-order valence-corrected chi connectivity index (χ2v) is 5.31. The Morgan fingerprint density at radius 1 is 1.39 bits per heavy atom. The summed E-state index contributed by atoms with van der Waals surface area (Å²) in [6.07, 6.45) is 0.812. The maximum Gasteiger partial charge on any atom is 0.308 e. The second-order valence-electron chi connectivity index (χ2n) is 5.31. The fraction of sp³-hybridized carbons (Fsp3) is 0.500. The summed E-state index contributed by atoms with van der Waals surface area (Å²) in [6, 6.07) is 5.28. The van der Waals surface area contributed by atoms with Gasteiger partial charge in [-0.3, -0.25) is 9.59 Å². The number of hydrogen-bond acceptors (Lipinski definition) is 4. The van der Waals surface area contributed by atoms with E-state index in [2.05, 4.69) is 10.6 Å². The number of carbonyl (C=O) groups excluding carboxylic acids is 2. The van der Waals surface area contributed by atoms with Crippen molar-refractivity contribution >= 4 is 24.3 Å². The SMILES string of the molecule is CCOC(=O)CC(NC(=O)C1CCNC1)c1ccc(F)cc1.Cl. The van der Waals surface area contributed by atoms with Crippen LogP contribution in [0.2, 0.25) is 0 Å². The summed E-state index contributed by atoms with van der Waals surface area (Å²) in [5.74, 6) is -0.930. The molecule has 0 aliphatic carbocycles. The van der Waals surface area contributed by atoms with E-state index in [9.17, 15) is 14.0 Å². The van der Waals surface area contributed by atoms with Crippen LogP contribution >= 0.6 is 12.4 Å². The summed E-state index contributed by atoms with van der Waals surface area (Å²) < 4.78 is 18.0. The normalized spacial score (nSPS) is 17.9. The van der Waals surface area contributed by atoms with Gasteiger partial charge in [0.05, 0.1) is 25.0 Å². The van der Waals surface area contributed by atoms with Crippen LogP contribution in [-0.4, -0.2) is 31.6 Å². The minimum absolute atomic E-state index is 0. The Kier molecular flexibility index (Phi) is 7.98. The summed E-state index contributed by atoms with van der Waals surface area (Å²) >= 11 is 0. The molecule has 1 aromatic rings. The minimum atomic E-state index is -0.507. The third-order valence-corrected chi connectivity index (χ3v) is 3.70. The Morgan fingerprint density at radius 3 is 2.65 bits per heavy atom. The van der Waals surface area contributed by atoms with Gasteiger partial charge in [0, 0.05) is 6.54 Å². The number of nitrogens with one attached hydrogen (secondary N) is 2. The van der Waals surface area contributed by atoms with Crippen molar-refractivity contribution in [2.75, 3.05) is 19.7 Å². The van der Waals surface area contributed by atoms with E-state index in [1.54, 1.807) is 19.1 Å². The third-order valence-electron chi connectivity index (χ3n) is 3.70. The van der Waals surface area contributed by atoms with Gasteiger partial charge in [0.2, 0.25) is 5.91 Å². The third kappa shape index (κ3) is 5.80. The molecule has 128 valence electrons. The lowest BCUT2D eigenvalue weighted by Gasteiger charge is -2.20. The first-order chi connectivity index (χ1) is 10.6. The number of rotatable bonds is 6. The maximum absolute atomic E-state index is 13.1. The molecule has 0 radical (unpaired) electrons. The molecule has 23 heavy (non-hydrogen) atoms. The highest BCUT2D eigenvalue weighted by molar-refractivity contribution is 5.85. The molecule has 0 saturated carbocycles. The van der Waals surface area contributed by atoms with Gasteiger partial charge in [-0.05, 0) is 37.6 Å². The highest BCUT2D eigenvalue weighted by Crippen LogP contribution is 2.20. The number of carbonyl (C=O) groups is 2. The first kappa shape index (κ1) is 19.4. The van der Waals surface area contributed by atoms with E-state index in [1.807, 2.05) is 0 Å². The van der Waals surface area contributed by atoms with Crippen LogP contribution in [-0.2, 0) is 14.3 Å². The van der Waals surface area contributed by atoms with Gasteiger partial charge in [-0.2, -0.15) is 0 Å². The highest BCUT2D eigenvalue weighted by Gasteiger charge is 2.26. The van der Waals surface area contributed by atoms with Crippen LogP contribution in [0.25, 0.3) is 0 Å². The van der Waals surface area contributed by atoms with Crippen LogP contribution in [0.1, 0.15) is 31.4 Å². The molecular formula is C16H22ClFN2O3. The molecule has 0 aromatic heterocycles. The molecule has 0 spiro atoms. The molecule has 2 N–H and O–H groups in total. The van der Waals surface area contributed by atoms with E-state index in [0.717, 1.165) is 13.0 Å². The van der Waals surface area contributed by atoms with Gasteiger partial charge in [0.1, 0.15) is 5.82 Å². The average molecular weight is 345 g/mol. The van der Waals surface area contributed by atoms with Crippen LogP contribution in [0, 0.1) is 11.7 Å². The monoisotopic (exact) mass is 344 g/mol. The summed E-state index contributed by atoms with van der Waals surface area (Å²) in [5.41, 5.74) is 0.689. The quantitative estimate of drug-likeness (QED) is 0.774. The predicted molar refractivity (Wildman–Crippen MR) is 86.8 cm³/mol. The molecule has 1 heterocycles. The van der Waals surface area contributed by atoms with E-state index >= 15 is 0 Å². The molecule has 2 unspecified atom stereocenters. The lowest BCUT2D eigenvalue weighted by atomic mass is 10.0. The van der Waals surface area contributed by atoms with Crippen LogP contribution in [0.15, 0.2) is 24.3 Å². The molecule has 0 bridgehead atoms. The van der Waals surface area contributed by atoms with Crippen molar-refractivity contribution in [3.8, 4) is 0 Å². The molecule has 1 saturated heterocycles. The lowest BCUT2D eigenvalue weighted by molar-refractivity contribution is -0.143. The lowest BCUT2D eigenvalue weighted by Crippen LogP contribution is -2.36. The zero-order chi connectivity index (χ0) is 15.9. The topological polar surface area (TPSA) is 67.4 Å². The number of halogens is 2. The Labute approximate surface area is 141 Å². The number of esters is 1. The van der Waals surface area contributed by atoms with Crippen molar-refractivity contribution in [1.29, 1.82) is 0 Å². The van der Waals surface area contributed by atoms with Crippen LogP contribution < -0.4 is 10.6 Å². The van der Waals surface area contributed by atoms with Crippen LogP contribution in [0.5, 0.6) is 0 Å². The first-order valence-electron chi connectivity index (χ1n) is 7.52. The minimum Gasteiger partial charge on any atom is -0.466 e. The van der Waals surface area contributed by atoms with Gasteiger partial charge in [-0.25, -0.2) is 4.39 Å². The predicted octanol–water partition coefficient (Wildman–Crippen LogP) is 1.97. The average Bonchev–Trinajstić information content (AvgIpc) is 3.02. The van der Waals surface area contributed by atoms with Gasteiger partial charge < -0.3 is 15.4 Å². The molecule has 2 atom stereocenters. The number of ether oxygens (including phenoxy) is 1. The smallest absolute Gasteiger partial charge is 0.308 e. The van der Waals surface area contributed by atoms with E-state index in [-0.39, 0.29) is 49.0 Å².